The summed E-state index contributed by atoms with van der Waals surface area (Å²) in [4.78, 5) is 22.4. The molecule has 0 aliphatic carbocycles. The van der Waals surface area contributed by atoms with Crippen molar-refractivity contribution in [2.24, 2.45) is 0 Å². The molecular formula is C24H20N4O4S2. The number of sulfone groups is 1. The van der Waals surface area contributed by atoms with Gasteiger partial charge in [-0.2, -0.15) is 0 Å². The van der Waals surface area contributed by atoms with E-state index >= 15 is 0 Å². The Morgan fingerprint density at radius 2 is 1.85 bits per heavy atom. The zero-order valence-corrected chi connectivity index (χ0v) is 19.7. The van der Waals surface area contributed by atoms with Gasteiger partial charge in [-0.25, -0.2) is 18.4 Å². The Labute approximate surface area is 200 Å². The predicted molar refractivity (Wildman–Crippen MR) is 129 cm³/mol. The Morgan fingerprint density at radius 3 is 2.65 bits per heavy atom. The second-order valence-corrected chi connectivity index (χ2v) is 10.6. The van der Waals surface area contributed by atoms with Gasteiger partial charge in [0.2, 0.25) is 15.7 Å². The normalized spacial score (nSPS) is 14.0. The van der Waals surface area contributed by atoms with Crippen molar-refractivity contribution in [3.8, 4) is 16.5 Å². The van der Waals surface area contributed by atoms with Crippen LogP contribution in [0.3, 0.4) is 0 Å². The molecule has 0 bridgehead atoms. The van der Waals surface area contributed by atoms with E-state index in [1.807, 2.05) is 12.3 Å². The number of ether oxygens (including phenoxy) is 1. The number of fused-ring (bicyclic) bond motifs is 2. The third-order valence-electron chi connectivity index (χ3n) is 5.38. The third kappa shape index (κ3) is 4.18. The van der Waals surface area contributed by atoms with Crippen molar-refractivity contribution < 1.29 is 17.9 Å². The lowest BCUT2D eigenvalue weighted by Crippen LogP contribution is -2.14. The number of pyridine rings is 1. The predicted octanol–water partition coefficient (Wildman–Crippen LogP) is 3.90. The number of carbonyl (C=O) groups is 1. The number of hydrogen-bond acceptors (Lipinski definition) is 8. The molecule has 2 aromatic heterocycles. The first-order valence-corrected chi connectivity index (χ1v) is 12.7. The molecule has 2 N–H and O–H groups in total. The van der Waals surface area contributed by atoms with Gasteiger partial charge in [-0.05, 0) is 35.9 Å². The molecule has 3 heterocycles. The molecule has 2 aromatic carbocycles. The zero-order chi connectivity index (χ0) is 23.7. The first-order chi connectivity index (χ1) is 16.5. The summed E-state index contributed by atoms with van der Waals surface area (Å²) in [5.74, 6) is 0.115. The minimum atomic E-state index is -3.80. The molecular weight excluding hydrogens is 472 g/mol. The van der Waals surface area contributed by atoms with E-state index in [1.165, 1.54) is 12.1 Å². The number of nitrogens with one attached hydrogen (secondary N) is 2. The standard InChI is InChI=1S/C24H20N4O4S2/c1-32-22-9-7-16(12-26-22)24-27-14-17(33-24)13-25-11-15-6-8-21-19(10-15)28-23(29)18-4-2-3-5-20(18)34(21,30)31/h2-10,12,14,25H,11,13H2,1H3,(H,28,29). The Balaban J connectivity index is 1.29. The summed E-state index contributed by atoms with van der Waals surface area (Å²) in [6, 6.07) is 14.9. The highest BCUT2D eigenvalue weighted by molar-refractivity contribution is 7.91. The highest BCUT2D eigenvalue weighted by Gasteiger charge is 2.30. The molecule has 5 rings (SSSR count). The fourth-order valence-corrected chi connectivity index (χ4v) is 6.16. The number of hydrogen-bond donors (Lipinski definition) is 2. The number of nitrogens with zero attached hydrogens (tertiary/aromatic N) is 2. The third-order valence-corrected chi connectivity index (χ3v) is 8.29. The van der Waals surface area contributed by atoms with Crippen molar-refractivity contribution >= 4 is 32.8 Å². The monoisotopic (exact) mass is 492 g/mol. The second kappa shape index (κ2) is 8.98. The number of aromatic nitrogens is 2. The molecule has 172 valence electrons. The van der Waals surface area contributed by atoms with Crippen molar-refractivity contribution in [3.63, 3.8) is 0 Å². The van der Waals surface area contributed by atoms with Crippen molar-refractivity contribution in [2.75, 3.05) is 12.4 Å². The quantitative estimate of drug-likeness (QED) is 0.420. The number of anilines is 1. The average molecular weight is 493 g/mol. The minimum absolute atomic E-state index is 0.0187. The van der Waals surface area contributed by atoms with E-state index in [0.717, 1.165) is 21.0 Å². The van der Waals surface area contributed by atoms with Crippen LogP contribution in [0.25, 0.3) is 10.6 Å². The number of benzene rings is 2. The van der Waals surface area contributed by atoms with E-state index in [-0.39, 0.29) is 21.0 Å². The van der Waals surface area contributed by atoms with Crippen LogP contribution >= 0.6 is 11.3 Å². The molecule has 1 aliphatic rings. The lowest BCUT2D eigenvalue weighted by molar-refractivity contribution is 0.102. The minimum Gasteiger partial charge on any atom is -0.481 e. The van der Waals surface area contributed by atoms with Gasteiger partial charge in [0.1, 0.15) is 5.01 Å². The van der Waals surface area contributed by atoms with E-state index < -0.39 is 15.7 Å². The molecule has 34 heavy (non-hydrogen) atoms. The molecule has 4 aromatic rings. The molecule has 0 saturated heterocycles. The van der Waals surface area contributed by atoms with Crippen LogP contribution in [0.2, 0.25) is 0 Å². The van der Waals surface area contributed by atoms with E-state index in [0.29, 0.717) is 19.0 Å². The Morgan fingerprint density at radius 1 is 1.00 bits per heavy atom. The van der Waals surface area contributed by atoms with Gasteiger partial charge in [0.05, 0.1) is 28.2 Å². The number of methoxy groups -OCH3 is 1. The first-order valence-electron chi connectivity index (χ1n) is 10.4. The maximum absolute atomic E-state index is 13.1. The maximum atomic E-state index is 13.1. The number of rotatable bonds is 6. The lowest BCUT2D eigenvalue weighted by atomic mass is 10.1. The van der Waals surface area contributed by atoms with E-state index in [9.17, 15) is 13.2 Å². The SMILES string of the molecule is COc1ccc(-c2ncc(CNCc3ccc4c(c3)NC(=O)c3ccccc3S4(=O)=O)s2)cn1. The Bertz CT molecular complexity index is 1480. The summed E-state index contributed by atoms with van der Waals surface area (Å²) in [6.07, 6.45) is 3.55. The van der Waals surface area contributed by atoms with Gasteiger partial charge < -0.3 is 15.4 Å². The van der Waals surface area contributed by atoms with E-state index in [1.54, 1.807) is 61.0 Å². The van der Waals surface area contributed by atoms with Crippen LogP contribution in [-0.2, 0) is 22.9 Å². The summed E-state index contributed by atoms with van der Waals surface area (Å²) in [5.41, 5.74) is 2.20. The van der Waals surface area contributed by atoms with Gasteiger partial charge in [0.15, 0.2) is 0 Å². The van der Waals surface area contributed by atoms with Crippen LogP contribution in [0, 0.1) is 0 Å². The number of carbonyl (C=O) groups excluding carboxylic acids is 1. The molecule has 0 radical (unpaired) electrons. The van der Waals surface area contributed by atoms with Gasteiger partial charge in [-0.1, -0.05) is 18.2 Å². The molecule has 1 aliphatic heterocycles. The van der Waals surface area contributed by atoms with Crippen molar-refractivity contribution in [1.82, 2.24) is 15.3 Å². The summed E-state index contributed by atoms with van der Waals surface area (Å²) in [7, 11) is -2.23. The van der Waals surface area contributed by atoms with Crippen LogP contribution in [0.4, 0.5) is 5.69 Å². The Kier molecular flexibility index (Phi) is 5.86. The fraction of sp³-hybridized carbons (Fsp3) is 0.125. The van der Waals surface area contributed by atoms with E-state index in [2.05, 4.69) is 20.6 Å². The molecule has 8 nitrogen and oxygen atoms in total. The average Bonchev–Trinajstić information content (AvgIpc) is 3.30. The molecule has 0 fully saturated rings. The highest BCUT2D eigenvalue weighted by Crippen LogP contribution is 2.34. The smallest absolute Gasteiger partial charge is 0.257 e. The van der Waals surface area contributed by atoms with E-state index in [4.69, 9.17) is 4.74 Å². The van der Waals surface area contributed by atoms with Crippen molar-refractivity contribution in [3.05, 3.63) is 83.0 Å². The highest BCUT2D eigenvalue weighted by atomic mass is 32.2. The zero-order valence-electron chi connectivity index (χ0n) is 18.1. The van der Waals surface area contributed by atoms with Gasteiger partial charge in [-0.3, -0.25) is 4.79 Å². The first kappa shape index (κ1) is 22.2. The molecule has 0 atom stereocenters. The van der Waals surface area contributed by atoms with Crippen molar-refractivity contribution in [1.29, 1.82) is 0 Å². The summed E-state index contributed by atoms with van der Waals surface area (Å²) >= 11 is 1.56. The molecule has 10 heteroatoms. The molecule has 0 unspecified atom stereocenters. The molecule has 0 spiro atoms. The number of thiazole rings is 1. The van der Waals surface area contributed by atoms with Crippen molar-refractivity contribution in [2.45, 2.75) is 22.9 Å². The van der Waals surface area contributed by atoms with Crippen LogP contribution in [0.1, 0.15) is 20.8 Å². The van der Waals surface area contributed by atoms with Gasteiger partial charge >= 0.3 is 0 Å². The van der Waals surface area contributed by atoms with Gasteiger partial charge in [0.25, 0.3) is 5.91 Å². The van der Waals surface area contributed by atoms with Crippen LogP contribution in [-0.4, -0.2) is 31.4 Å². The summed E-state index contributed by atoms with van der Waals surface area (Å²) < 4.78 is 31.3. The van der Waals surface area contributed by atoms with Gasteiger partial charge in [0, 0.05) is 42.0 Å². The fourth-order valence-electron chi connectivity index (χ4n) is 3.70. The van der Waals surface area contributed by atoms with Crippen LogP contribution in [0.15, 0.2) is 76.8 Å². The molecule has 1 amide bonds. The number of amides is 1. The topological polar surface area (TPSA) is 110 Å². The molecule has 0 saturated carbocycles. The van der Waals surface area contributed by atoms with Gasteiger partial charge in [-0.15, -0.1) is 11.3 Å². The van der Waals surface area contributed by atoms with Crippen LogP contribution in [0.5, 0.6) is 5.88 Å². The lowest BCUT2D eigenvalue weighted by Gasteiger charge is -2.10. The largest absolute Gasteiger partial charge is 0.481 e. The summed E-state index contributed by atoms with van der Waals surface area (Å²) in [6.45, 7) is 1.09. The summed E-state index contributed by atoms with van der Waals surface area (Å²) in [5, 5.41) is 6.95. The Hall–Kier alpha value is -3.60. The van der Waals surface area contributed by atoms with Crippen LogP contribution < -0.4 is 15.4 Å². The second-order valence-electron chi connectivity index (χ2n) is 7.61. The maximum Gasteiger partial charge on any atom is 0.257 e.